The topological polar surface area (TPSA) is 59.4 Å². The summed E-state index contributed by atoms with van der Waals surface area (Å²) in [5, 5.41) is 9.34. The second-order valence-corrected chi connectivity index (χ2v) is 5.86. The molecule has 1 aliphatic heterocycles. The molecule has 0 bridgehead atoms. The maximum atomic E-state index is 13.2. The number of rotatable bonds is 3. The first-order valence-corrected chi connectivity index (χ1v) is 7.54. The van der Waals surface area contributed by atoms with Crippen LogP contribution in [0, 0.1) is 0 Å². The maximum absolute atomic E-state index is 13.2. The minimum absolute atomic E-state index is 0.0395. The van der Waals surface area contributed by atoms with E-state index in [4.69, 9.17) is 21.4 Å². The molecule has 1 aromatic carbocycles. The number of carbonyl (C=O) groups is 1. The number of ether oxygens (including phenoxy) is 1. The van der Waals surface area contributed by atoms with E-state index in [1.165, 1.54) is 12.1 Å². The third kappa shape index (κ3) is 3.61. The Morgan fingerprint density at radius 1 is 1.32 bits per heavy atom. The van der Waals surface area contributed by atoms with Crippen molar-refractivity contribution >= 4 is 23.6 Å². The largest absolute Gasteiger partial charge is 0.478 e. The molecule has 0 aliphatic carbocycles. The maximum Gasteiger partial charge on any atom is 0.430 e. The number of pyridine rings is 1. The Labute approximate surface area is 145 Å². The van der Waals surface area contributed by atoms with Crippen molar-refractivity contribution in [3.8, 4) is 5.75 Å². The molecule has 2 aromatic rings. The summed E-state index contributed by atoms with van der Waals surface area (Å²) in [6, 6.07) is 8.04. The second-order valence-electron chi connectivity index (χ2n) is 5.43. The first-order chi connectivity index (χ1) is 11.8. The van der Waals surface area contributed by atoms with Crippen LogP contribution >= 0.6 is 11.6 Å². The van der Waals surface area contributed by atoms with Crippen molar-refractivity contribution in [2.75, 3.05) is 0 Å². The number of aromatic nitrogens is 1. The first kappa shape index (κ1) is 17.3. The van der Waals surface area contributed by atoms with Gasteiger partial charge in [0.15, 0.2) is 0 Å². The van der Waals surface area contributed by atoms with Crippen molar-refractivity contribution in [2.24, 2.45) is 0 Å². The summed E-state index contributed by atoms with van der Waals surface area (Å²) in [5.74, 6) is -1.73. The van der Waals surface area contributed by atoms with E-state index in [2.05, 4.69) is 4.98 Å². The van der Waals surface area contributed by atoms with E-state index >= 15 is 0 Å². The minimum atomic E-state index is -4.86. The van der Waals surface area contributed by atoms with Gasteiger partial charge in [-0.3, -0.25) is 4.98 Å². The van der Waals surface area contributed by atoms with Crippen molar-refractivity contribution in [1.82, 2.24) is 4.98 Å². The van der Waals surface area contributed by atoms with E-state index in [0.717, 1.165) is 6.08 Å². The van der Waals surface area contributed by atoms with E-state index in [1.807, 2.05) is 0 Å². The molecule has 8 heteroatoms. The summed E-state index contributed by atoms with van der Waals surface area (Å²) < 4.78 is 44.7. The Bertz CT molecular complexity index is 850. The highest BCUT2D eigenvalue weighted by Gasteiger charge is 2.48. The van der Waals surface area contributed by atoms with E-state index in [9.17, 15) is 18.0 Å². The highest BCUT2D eigenvalue weighted by molar-refractivity contribution is 6.30. The molecule has 0 saturated carbocycles. The third-order valence-corrected chi connectivity index (χ3v) is 3.85. The Morgan fingerprint density at radius 3 is 2.68 bits per heavy atom. The summed E-state index contributed by atoms with van der Waals surface area (Å²) in [7, 11) is 0. The lowest BCUT2D eigenvalue weighted by atomic mass is 9.97. The van der Waals surface area contributed by atoms with Crippen LogP contribution in [0.1, 0.15) is 16.8 Å². The zero-order valence-electron chi connectivity index (χ0n) is 12.5. The van der Waals surface area contributed by atoms with Gasteiger partial charge in [-0.25, -0.2) is 4.79 Å². The molecule has 0 fully saturated rings. The van der Waals surface area contributed by atoms with Crippen LogP contribution in [0.4, 0.5) is 13.2 Å². The van der Waals surface area contributed by atoms with Gasteiger partial charge in [0.05, 0.1) is 5.57 Å². The van der Waals surface area contributed by atoms with Gasteiger partial charge in [-0.2, -0.15) is 13.2 Å². The van der Waals surface area contributed by atoms with Crippen LogP contribution in [0.5, 0.6) is 5.75 Å². The average Bonchev–Trinajstić information content (AvgIpc) is 2.53. The lowest BCUT2D eigenvalue weighted by Crippen LogP contribution is -2.40. The van der Waals surface area contributed by atoms with Crippen LogP contribution in [0.3, 0.4) is 0 Å². The fourth-order valence-corrected chi connectivity index (χ4v) is 2.84. The van der Waals surface area contributed by atoms with Crippen molar-refractivity contribution < 1.29 is 27.8 Å². The Morgan fingerprint density at radius 2 is 2.08 bits per heavy atom. The quantitative estimate of drug-likeness (QED) is 0.884. The molecule has 1 atom stereocenters. The average molecular weight is 370 g/mol. The van der Waals surface area contributed by atoms with Crippen LogP contribution in [0.25, 0.3) is 6.08 Å². The van der Waals surface area contributed by atoms with E-state index < -0.39 is 23.8 Å². The first-order valence-electron chi connectivity index (χ1n) is 7.16. The van der Waals surface area contributed by atoms with Gasteiger partial charge in [0, 0.05) is 34.5 Å². The zero-order chi connectivity index (χ0) is 18.2. The van der Waals surface area contributed by atoms with Gasteiger partial charge in [0.2, 0.25) is 6.10 Å². The molecule has 0 saturated heterocycles. The van der Waals surface area contributed by atoms with Gasteiger partial charge < -0.3 is 9.84 Å². The predicted octanol–water partition coefficient (Wildman–Crippen LogP) is 4.12. The van der Waals surface area contributed by atoms with Gasteiger partial charge in [-0.15, -0.1) is 0 Å². The fourth-order valence-electron chi connectivity index (χ4n) is 2.59. The van der Waals surface area contributed by atoms with Crippen LogP contribution < -0.4 is 4.74 Å². The van der Waals surface area contributed by atoms with Gasteiger partial charge in [-0.1, -0.05) is 17.7 Å². The molecule has 0 amide bonds. The summed E-state index contributed by atoms with van der Waals surface area (Å²) >= 11 is 6.03. The minimum Gasteiger partial charge on any atom is -0.478 e. The standard InChI is InChI=1S/C17H11ClF3NO3/c18-11-5-9(7-12-3-1-2-4-22-12)14-10(6-11)8-13(16(23)24)15(25-14)17(19,20)21/h1-6,8,15H,7H2,(H,23,24). The number of fused-ring (bicyclic) bond motifs is 1. The van der Waals surface area contributed by atoms with Crippen molar-refractivity contribution in [3.63, 3.8) is 0 Å². The van der Waals surface area contributed by atoms with Crippen LogP contribution in [-0.2, 0) is 11.2 Å². The molecule has 1 aromatic heterocycles. The molecule has 1 N–H and O–H groups in total. The number of hydrogen-bond acceptors (Lipinski definition) is 3. The SMILES string of the molecule is O=C(O)C1=Cc2cc(Cl)cc(Cc3ccccn3)c2OC1C(F)(F)F. The monoisotopic (exact) mass is 369 g/mol. The van der Waals surface area contributed by atoms with Crippen molar-refractivity contribution in [3.05, 3.63) is 63.9 Å². The molecule has 0 spiro atoms. The summed E-state index contributed by atoms with van der Waals surface area (Å²) in [6.07, 6.45) is -4.68. The Hall–Kier alpha value is -2.54. The molecule has 1 unspecified atom stereocenters. The third-order valence-electron chi connectivity index (χ3n) is 3.63. The summed E-state index contributed by atoms with van der Waals surface area (Å²) in [4.78, 5) is 15.3. The van der Waals surface area contributed by atoms with Crippen molar-refractivity contribution in [1.29, 1.82) is 0 Å². The molecular formula is C17H11ClF3NO3. The predicted molar refractivity (Wildman–Crippen MR) is 84.6 cm³/mol. The summed E-state index contributed by atoms with van der Waals surface area (Å²) in [5.41, 5.74) is 0.325. The van der Waals surface area contributed by atoms with E-state index in [-0.39, 0.29) is 22.8 Å². The van der Waals surface area contributed by atoms with Crippen LogP contribution in [-0.4, -0.2) is 28.3 Å². The van der Waals surface area contributed by atoms with Gasteiger partial charge >= 0.3 is 12.1 Å². The molecular weight excluding hydrogens is 359 g/mol. The number of aliphatic carboxylic acids is 1. The lowest BCUT2D eigenvalue weighted by Gasteiger charge is -2.28. The number of alkyl halides is 3. The molecule has 3 rings (SSSR count). The van der Waals surface area contributed by atoms with Crippen LogP contribution in [0.15, 0.2) is 42.1 Å². The number of halogens is 4. The summed E-state index contributed by atoms with van der Waals surface area (Å²) in [6.45, 7) is 0. The second kappa shape index (κ2) is 6.40. The smallest absolute Gasteiger partial charge is 0.430 e. The number of hydrogen-bond donors (Lipinski definition) is 1. The zero-order valence-corrected chi connectivity index (χ0v) is 13.3. The lowest BCUT2D eigenvalue weighted by molar-refractivity contribution is -0.187. The molecule has 2 heterocycles. The molecule has 25 heavy (non-hydrogen) atoms. The van der Waals surface area contributed by atoms with E-state index in [0.29, 0.717) is 11.3 Å². The molecule has 4 nitrogen and oxygen atoms in total. The highest BCUT2D eigenvalue weighted by Crippen LogP contribution is 2.41. The van der Waals surface area contributed by atoms with Gasteiger partial charge in [0.25, 0.3) is 0 Å². The van der Waals surface area contributed by atoms with E-state index in [1.54, 1.807) is 24.4 Å². The highest BCUT2D eigenvalue weighted by atomic mass is 35.5. The molecule has 130 valence electrons. The number of carboxylic acid groups (broad SMARTS) is 1. The van der Waals surface area contributed by atoms with Crippen molar-refractivity contribution in [2.45, 2.75) is 18.7 Å². The Balaban J connectivity index is 2.10. The number of carboxylic acids is 1. The molecule has 0 radical (unpaired) electrons. The number of benzene rings is 1. The van der Waals surface area contributed by atoms with Crippen LogP contribution in [0.2, 0.25) is 5.02 Å². The van der Waals surface area contributed by atoms with Gasteiger partial charge in [0.1, 0.15) is 5.75 Å². The Kier molecular flexibility index (Phi) is 4.43. The fraction of sp³-hybridized carbons (Fsp3) is 0.176. The normalized spacial score (nSPS) is 16.6. The van der Waals surface area contributed by atoms with Gasteiger partial charge in [-0.05, 0) is 30.3 Å². The number of nitrogens with zero attached hydrogens (tertiary/aromatic N) is 1. The molecule has 1 aliphatic rings.